The highest BCUT2D eigenvalue weighted by molar-refractivity contribution is 5.40. The predicted octanol–water partition coefficient (Wildman–Crippen LogP) is 4.38. The number of para-hydroxylation sites is 2. The summed E-state index contributed by atoms with van der Waals surface area (Å²) in [6.07, 6.45) is 1.41. The van der Waals surface area contributed by atoms with Gasteiger partial charge in [0.25, 0.3) is 0 Å². The van der Waals surface area contributed by atoms with Crippen LogP contribution in [0.5, 0.6) is 11.5 Å². The Morgan fingerprint density at radius 3 is 2.35 bits per heavy atom. The van der Waals surface area contributed by atoms with Gasteiger partial charge in [0, 0.05) is 13.1 Å². The molecule has 0 amide bonds. The zero-order valence-corrected chi connectivity index (χ0v) is 14.6. The van der Waals surface area contributed by atoms with E-state index in [9.17, 15) is 0 Å². The maximum atomic E-state index is 6.39. The van der Waals surface area contributed by atoms with Crippen LogP contribution >= 0.6 is 0 Å². The van der Waals surface area contributed by atoms with Crippen LogP contribution < -0.4 is 14.8 Å². The van der Waals surface area contributed by atoms with Crippen molar-refractivity contribution in [3.8, 4) is 11.5 Å². The van der Waals surface area contributed by atoms with E-state index in [0.29, 0.717) is 18.1 Å². The minimum absolute atomic E-state index is 0. The van der Waals surface area contributed by atoms with Gasteiger partial charge in [0.05, 0.1) is 6.61 Å². The Morgan fingerprint density at radius 1 is 1.08 bits per heavy atom. The van der Waals surface area contributed by atoms with Gasteiger partial charge in [0.2, 0.25) is 0 Å². The standard InChI is InChI=1S/C21H25NO3.CH4/c1-3-16(2)24-18-11-7-8-12-19(18)25-21(17-9-5-4-6-10-17)20-15-22-13-14-23-20;/h3-12,16,20-22H,1,13-15H2,2H3;1H4. The maximum Gasteiger partial charge on any atom is 0.162 e. The van der Waals surface area contributed by atoms with Crippen molar-refractivity contribution < 1.29 is 14.2 Å². The summed E-state index contributed by atoms with van der Waals surface area (Å²) in [6, 6.07) is 17.9. The number of morpholine rings is 1. The number of benzene rings is 2. The lowest BCUT2D eigenvalue weighted by molar-refractivity contribution is -0.0440. The minimum Gasteiger partial charge on any atom is -0.483 e. The molecule has 1 N–H and O–H groups in total. The number of rotatable bonds is 7. The van der Waals surface area contributed by atoms with E-state index < -0.39 is 0 Å². The van der Waals surface area contributed by atoms with Crippen LogP contribution in [0.25, 0.3) is 0 Å². The number of ether oxygens (including phenoxy) is 3. The Bertz CT molecular complexity index is 668. The molecule has 140 valence electrons. The van der Waals surface area contributed by atoms with E-state index in [1.54, 1.807) is 6.08 Å². The fraction of sp³-hybridized carbons (Fsp3) is 0.364. The van der Waals surface area contributed by atoms with Crippen molar-refractivity contribution in [1.29, 1.82) is 0 Å². The monoisotopic (exact) mass is 355 g/mol. The first-order valence-electron chi connectivity index (χ1n) is 8.70. The van der Waals surface area contributed by atoms with E-state index in [2.05, 4.69) is 24.0 Å². The van der Waals surface area contributed by atoms with Crippen LogP contribution in [0.3, 0.4) is 0 Å². The zero-order chi connectivity index (χ0) is 17.5. The van der Waals surface area contributed by atoms with Crippen LogP contribution in [0, 0.1) is 0 Å². The van der Waals surface area contributed by atoms with E-state index in [1.807, 2.05) is 49.4 Å². The van der Waals surface area contributed by atoms with Gasteiger partial charge in [-0.3, -0.25) is 0 Å². The van der Waals surface area contributed by atoms with Crippen molar-refractivity contribution in [3.63, 3.8) is 0 Å². The van der Waals surface area contributed by atoms with Gasteiger partial charge >= 0.3 is 0 Å². The molecule has 0 bridgehead atoms. The third-order valence-corrected chi connectivity index (χ3v) is 4.17. The molecule has 3 unspecified atom stereocenters. The Hall–Kier alpha value is -2.30. The summed E-state index contributed by atoms with van der Waals surface area (Å²) in [5.41, 5.74) is 1.09. The fourth-order valence-corrected chi connectivity index (χ4v) is 2.81. The van der Waals surface area contributed by atoms with E-state index in [0.717, 1.165) is 18.7 Å². The summed E-state index contributed by atoms with van der Waals surface area (Å²) in [5.74, 6) is 1.42. The topological polar surface area (TPSA) is 39.7 Å². The molecule has 1 fully saturated rings. The van der Waals surface area contributed by atoms with Gasteiger partial charge in [-0.25, -0.2) is 0 Å². The van der Waals surface area contributed by atoms with Crippen LogP contribution in [0.2, 0.25) is 0 Å². The molecule has 0 aromatic heterocycles. The molecule has 4 heteroatoms. The number of nitrogens with one attached hydrogen (secondary N) is 1. The first-order valence-corrected chi connectivity index (χ1v) is 8.70. The highest BCUT2D eigenvalue weighted by Gasteiger charge is 2.28. The molecule has 1 saturated heterocycles. The van der Waals surface area contributed by atoms with Gasteiger partial charge in [-0.2, -0.15) is 0 Å². The fourth-order valence-electron chi connectivity index (χ4n) is 2.81. The number of hydrogen-bond donors (Lipinski definition) is 1. The molecule has 26 heavy (non-hydrogen) atoms. The van der Waals surface area contributed by atoms with Gasteiger partial charge < -0.3 is 19.5 Å². The summed E-state index contributed by atoms with van der Waals surface area (Å²) < 4.78 is 18.3. The lowest BCUT2D eigenvalue weighted by Crippen LogP contribution is -2.43. The SMILES string of the molecule is C.C=CC(C)Oc1ccccc1OC(c1ccccc1)C1CNCCO1. The molecule has 2 aromatic rings. The van der Waals surface area contributed by atoms with Gasteiger partial charge in [-0.05, 0) is 24.6 Å². The Labute approximate surface area is 156 Å². The average Bonchev–Trinajstić information content (AvgIpc) is 2.68. The molecule has 1 heterocycles. The molecule has 0 radical (unpaired) electrons. The summed E-state index contributed by atoms with van der Waals surface area (Å²) in [6.45, 7) is 8.03. The molecule has 4 nitrogen and oxygen atoms in total. The zero-order valence-electron chi connectivity index (χ0n) is 14.6. The summed E-state index contributed by atoms with van der Waals surface area (Å²) in [5, 5.41) is 3.38. The van der Waals surface area contributed by atoms with Crippen LogP contribution in [-0.4, -0.2) is 31.9 Å². The Kier molecular flexibility index (Phi) is 7.70. The van der Waals surface area contributed by atoms with E-state index in [4.69, 9.17) is 14.2 Å². The van der Waals surface area contributed by atoms with E-state index in [-0.39, 0.29) is 25.7 Å². The smallest absolute Gasteiger partial charge is 0.162 e. The second-order valence-corrected chi connectivity index (χ2v) is 6.07. The highest BCUT2D eigenvalue weighted by Crippen LogP contribution is 2.34. The van der Waals surface area contributed by atoms with Gasteiger partial charge in [-0.1, -0.05) is 62.5 Å². The third kappa shape index (κ3) is 5.10. The highest BCUT2D eigenvalue weighted by atomic mass is 16.6. The lowest BCUT2D eigenvalue weighted by Gasteiger charge is -2.32. The second kappa shape index (κ2) is 10.00. The van der Waals surface area contributed by atoms with Crippen molar-refractivity contribution >= 4 is 0 Å². The Balaban J connectivity index is 0.00000243. The quantitative estimate of drug-likeness (QED) is 0.748. The minimum atomic E-state index is -0.210. The molecule has 1 aliphatic heterocycles. The molecule has 0 aliphatic carbocycles. The van der Waals surface area contributed by atoms with Crippen LogP contribution in [0.1, 0.15) is 26.0 Å². The predicted molar refractivity (Wildman–Crippen MR) is 106 cm³/mol. The Morgan fingerprint density at radius 2 is 1.73 bits per heavy atom. The van der Waals surface area contributed by atoms with Crippen LogP contribution in [0.4, 0.5) is 0 Å². The van der Waals surface area contributed by atoms with Crippen molar-refractivity contribution in [3.05, 3.63) is 72.8 Å². The molecule has 2 aromatic carbocycles. The largest absolute Gasteiger partial charge is 0.483 e. The normalized spacial score (nSPS) is 18.9. The van der Waals surface area contributed by atoms with Crippen molar-refractivity contribution in [2.24, 2.45) is 0 Å². The average molecular weight is 355 g/mol. The molecule has 3 atom stereocenters. The number of hydrogen-bond acceptors (Lipinski definition) is 4. The molecule has 0 spiro atoms. The van der Waals surface area contributed by atoms with Gasteiger partial charge in [-0.15, -0.1) is 0 Å². The molecule has 1 aliphatic rings. The first-order chi connectivity index (χ1) is 12.3. The molecular formula is C22H29NO3. The van der Waals surface area contributed by atoms with Crippen molar-refractivity contribution in [1.82, 2.24) is 5.32 Å². The van der Waals surface area contributed by atoms with E-state index in [1.165, 1.54) is 0 Å². The van der Waals surface area contributed by atoms with Gasteiger partial charge in [0.1, 0.15) is 12.2 Å². The maximum absolute atomic E-state index is 6.39. The van der Waals surface area contributed by atoms with Gasteiger partial charge in [0.15, 0.2) is 17.6 Å². The second-order valence-electron chi connectivity index (χ2n) is 6.07. The first kappa shape index (κ1) is 20.0. The molecule has 3 rings (SSSR count). The summed E-state index contributed by atoms with van der Waals surface area (Å²) in [7, 11) is 0. The summed E-state index contributed by atoms with van der Waals surface area (Å²) in [4.78, 5) is 0. The van der Waals surface area contributed by atoms with Crippen molar-refractivity contribution in [2.75, 3.05) is 19.7 Å². The molecule has 0 saturated carbocycles. The van der Waals surface area contributed by atoms with Crippen molar-refractivity contribution in [2.45, 2.75) is 32.7 Å². The third-order valence-electron chi connectivity index (χ3n) is 4.17. The molecular weight excluding hydrogens is 326 g/mol. The van der Waals surface area contributed by atoms with Crippen LogP contribution in [-0.2, 0) is 4.74 Å². The van der Waals surface area contributed by atoms with E-state index >= 15 is 0 Å². The summed E-state index contributed by atoms with van der Waals surface area (Å²) >= 11 is 0. The van der Waals surface area contributed by atoms with Crippen LogP contribution in [0.15, 0.2) is 67.3 Å². The lowest BCUT2D eigenvalue weighted by atomic mass is 10.0.